The van der Waals surface area contributed by atoms with E-state index >= 15 is 0 Å². The molecular formula is C22H22N4O2. The number of fused-ring (bicyclic) bond motifs is 1. The minimum atomic E-state index is -0.162. The molecule has 1 amide bonds. The Hall–Kier alpha value is -3.54. The van der Waals surface area contributed by atoms with Crippen LogP contribution in [0.5, 0.6) is 5.75 Å². The van der Waals surface area contributed by atoms with E-state index in [0.29, 0.717) is 18.8 Å². The number of carbonyl (C=O) groups is 1. The van der Waals surface area contributed by atoms with Crippen molar-refractivity contribution in [2.45, 2.75) is 13.3 Å². The normalized spacial score (nSPS) is 10.9. The van der Waals surface area contributed by atoms with E-state index in [0.717, 1.165) is 28.9 Å². The second-order valence-corrected chi connectivity index (χ2v) is 6.49. The van der Waals surface area contributed by atoms with Gasteiger partial charge < -0.3 is 15.0 Å². The van der Waals surface area contributed by atoms with E-state index in [-0.39, 0.29) is 5.91 Å². The van der Waals surface area contributed by atoms with Crippen LogP contribution in [-0.4, -0.2) is 34.2 Å². The van der Waals surface area contributed by atoms with E-state index in [1.54, 1.807) is 6.07 Å². The molecule has 0 aliphatic heterocycles. The molecule has 0 fully saturated rings. The lowest BCUT2D eigenvalue weighted by atomic mass is 10.1. The number of hydrogen-bond donors (Lipinski definition) is 3. The van der Waals surface area contributed by atoms with Gasteiger partial charge in [0.2, 0.25) is 0 Å². The summed E-state index contributed by atoms with van der Waals surface area (Å²) in [5.41, 5.74) is 4.40. The first kappa shape index (κ1) is 17.9. The van der Waals surface area contributed by atoms with Crippen molar-refractivity contribution in [2.75, 3.05) is 13.2 Å². The Morgan fingerprint density at radius 1 is 1.14 bits per heavy atom. The number of benzene rings is 2. The summed E-state index contributed by atoms with van der Waals surface area (Å²) in [6.45, 7) is 3.13. The summed E-state index contributed by atoms with van der Waals surface area (Å²) >= 11 is 0. The average Bonchev–Trinajstić information content (AvgIpc) is 3.37. The van der Waals surface area contributed by atoms with E-state index in [2.05, 4.69) is 26.6 Å². The highest BCUT2D eigenvalue weighted by molar-refractivity contribution is 5.93. The maximum atomic E-state index is 12.4. The lowest BCUT2D eigenvalue weighted by Gasteiger charge is -2.03. The Morgan fingerprint density at radius 2 is 1.96 bits per heavy atom. The average molecular weight is 374 g/mol. The molecule has 6 nitrogen and oxygen atoms in total. The highest BCUT2D eigenvalue weighted by Gasteiger charge is 2.11. The Bertz CT molecular complexity index is 1080. The summed E-state index contributed by atoms with van der Waals surface area (Å²) in [4.78, 5) is 15.7. The van der Waals surface area contributed by atoms with Crippen LogP contribution >= 0.6 is 0 Å². The molecule has 28 heavy (non-hydrogen) atoms. The van der Waals surface area contributed by atoms with Crippen LogP contribution in [0.15, 0.2) is 60.8 Å². The molecule has 0 saturated carbocycles. The van der Waals surface area contributed by atoms with Gasteiger partial charge in [-0.2, -0.15) is 5.10 Å². The number of rotatable bonds is 7. The number of amides is 1. The quantitative estimate of drug-likeness (QED) is 0.458. The van der Waals surface area contributed by atoms with Crippen molar-refractivity contribution >= 4 is 16.8 Å². The predicted molar refractivity (Wildman–Crippen MR) is 110 cm³/mol. The maximum Gasteiger partial charge on any atom is 0.269 e. The first-order valence-electron chi connectivity index (χ1n) is 9.36. The molecule has 2 heterocycles. The molecule has 0 atom stereocenters. The minimum absolute atomic E-state index is 0.162. The van der Waals surface area contributed by atoms with Crippen molar-refractivity contribution < 1.29 is 9.53 Å². The van der Waals surface area contributed by atoms with E-state index in [1.807, 2.05) is 55.6 Å². The van der Waals surface area contributed by atoms with Crippen molar-refractivity contribution in [3.8, 4) is 17.0 Å². The largest absolute Gasteiger partial charge is 0.494 e. The molecule has 2 aromatic carbocycles. The van der Waals surface area contributed by atoms with Crippen molar-refractivity contribution in [1.29, 1.82) is 0 Å². The fourth-order valence-electron chi connectivity index (χ4n) is 3.22. The van der Waals surface area contributed by atoms with Crippen LogP contribution in [0.4, 0.5) is 0 Å². The highest BCUT2D eigenvalue weighted by Crippen LogP contribution is 2.21. The summed E-state index contributed by atoms with van der Waals surface area (Å²) < 4.78 is 5.45. The summed E-state index contributed by atoms with van der Waals surface area (Å²) in [5.74, 6) is 0.654. The van der Waals surface area contributed by atoms with Gasteiger partial charge in [0.25, 0.3) is 5.91 Å². The molecule has 3 N–H and O–H groups in total. The van der Waals surface area contributed by atoms with Crippen LogP contribution in [0, 0.1) is 0 Å². The number of ether oxygens (including phenoxy) is 1. The molecule has 0 aliphatic rings. The van der Waals surface area contributed by atoms with Gasteiger partial charge >= 0.3 is 0 Å². The van der Waals surface area contributed by atoms with E-state index < -0.39 is 0 Å². The van der Waals surface area contributed by atoms with Crippen LogP contribution in [0.25, 0.3) is 22.2 Å². The molecular weight excluding hydrogens is 352 g/mol. The molecule has 142 valence electrons. The molecule has 2 aromatic heterocycles. The third kappa shape index (κ3) is 3.76. The lowest BCUT2D eigenvalue weighted by molar-refractivity contribution is 0.0949. The topological polar surface area (TPSA) is 82.8 Å². The van der Waals surface area contributed by atoms with Crippen molar-refractivity contribution in [1.82, 2.24) is 20.5 Å². The zero-order chi connectivity index (χ0) is 19.3. The fraction of sp³-hybridized carbons (Fsp3) is 0.182. The number of H-pyrrole nitrogens is 2. The number of aromatic nitrogens is 3. The summed E-state index contributed by atoms with van der Waals surface area (Å²) in [6.07, 6.45) is 2.76. The second-order valence-electron chi connectivity index (χ2n) is 6.49. The minimum Gasteiger partial charge on any atom is -0.494 e. The smallest absolute Gasteiger partial charge is 0.269 e. The van der Waals surface area contributed by atoms with Gasteiger partial charge in [0.15, 0.2) is 0 Å². The number of hydrogen-bond acceptors (Lipinski definition) is 3. The van der Waals surface area contributed by atoms with Crippen molar-refractivity contribution in [3.05, 3.63) is 72.1 Å². The van der Waals surface area contributed by atoms with Crippen LogP contribution in [0.2, 0.25) is 0 Å². The standard InChI is InChI=1S/C22H22N4O2/c1-2-28-17-9-7-15(8-10-17)20-13-21(26-25-20)22(27)23-12-11-16-14-24-19-6-4-3-5-18(16)19/h3-10,13-14,24H,2,11-12H2,1H3,(H,23,27)(H,25,26). The number of nitrogens with zero attached hydrogens (tertiary/aromatic N) is 1. The van der Waals surface area contributed by atoms with E-state index in [4.69, 9.17) is 4.74 Å². The first-order chi connectivity index (χ1) is 13.7. The molecule has 0 aliphatic carbocycles. The van der Waals surface area contributed by atoms with Gasteiger partial charge in [0, 0.05) is 29.2 Å². The number of carbonyl (C=O) groups excluding carboxylic acids is 1. The van der Waals surface area contributed by atoms with Gasteiger partial charge in [-0.25, -0.2) is 0 Å². The van der Waals surface area contributed by atoms with Crippen molar-refractivity contribution in [3.63, 3.8) is 0 Å². The van der Waals surface area contributed by atoms with Gasteiger partial charge in [-0.15, -0.1) is 0 Å². The monoisotopic (exact) mass is 374 g/mol. The Kier molecular flexibility index (Phi) is 5.10. The molecule has 0 saturated heterocycles. The predicted octanol–water partition coefficient (Wildman–Crippen LogP) is 3.93. The SMILES string of the molecule is CCOc1ccc(-c2cc(C(=O)NCCc3c[nH]c4ccccc34)[nH]n2)cc1. The van der Waals surface area contributed by atoms with Crippen LogP contribution in [-0.2, 0) is 6.42 Å². The van der Waals surface area contributed by atoms with Crippen LogP contribution < -0.4 is 10.1 Å². The lowest BCUT2D eigenvalue weighted by Crippen LogP contribution is -2.25. The maximum absolute atomic E-state index is 12.4. The van der Waals surface area contributed by atoms with Gasteiger partial charge in [-0.05, 0) is 55.3 Å². The summed E-state index contributed by atoms with van der Waals surface area (Å²) in [6, 6.07) is 17.6. The summed E-state index contributed by atoms with van der Waals surface area (Å²) in [7, 11) is 0. The van der Waals surface area contributed by atoms with Gasteiger partial charge in [-0.3, -0.25) is 9.89 Å². The Morgan fingerprint density at radius 3 is 2.79 bits per heavy atom. The molecule has 0 unspecified atom stereocenters. The summed E-state index contributed by atoms with van der Waals surface area (Å²) in [5, 5.41) is 11.2. The molecule has 0 spiro atoms. The molecule has 4 aromatic rings. The third-order valence-electron chi connectivity index (χ3n) is 4.64. The third-order valence-corrected chi connectivity index (χ3v) is 4.64. The van der Waals surface area contributed by atoms with Crippen molar-refractivity contribution in [2.24, 2.45) is 0 Å². The van der Waals surface area contributed by atoms with Crippen LogP contribution in [0.3, 0.4) is 0 Å². The van der Waals surface area contributed by atoms with Gasteiger partial charge in [0.05, 0.1) is 12.3 Å². The zero-order valence-electron chi connectivity index (χ0n) is 15.7. The second kappa shape index (κ2) is 8.00. The number of para-hydroxylation sites is 1. The Balaban J connectivity index is 1.36. The van der Waals surface area contributed by atoms with Crippen LogP contribution in [0.1, 0.15) is 23.0 Å². The number of nitrogens with one attached hydrogen (secondary N) is 3. The van der Waals surface area contributed by atoms with E-state index in [9.17, 15) is 4.79 Å². The molecule has 4 rings (SSSR count). The molecule has 0 bridgehead atoms. The number of aromatic amines is 2. The molecule has 6 heteroatoms. The van der Waals surface area contributed by atoms with Gasteiger partial charge in [-0.1, -0.05) is 18.2 Å². The highest BCUT2D eigenvalue weighted by atomic mass is 16.5. The Labute approximate surface area is 162 Å². The fourth-order valence-corrected chi connectivity index (χ4v) is 3.22. The van der Waals surface area contributed by atoms with E-state index in [1.165, 1.54) is 10.9 Å². The molecule has 0 radical (unpaired) electrons. The van der Waals surface area contributed by atoms with Gasteiger partial charge in [0.1, 0.15) is 11.4 Å². The zero-order valence-corrected chi connectivity index (χ0v) is 15.7. The first-order valence-corrected chi connectivity index (χ1v) is 9.36.